The van der Waals surface area contributed by atoms with Gasteiger partial charge in [0.2, 0.25) is 0 Å². The van der Waals surface area contributed by atoms with Crippen molar-refractivity contribution < 1.29 is 4.74 Å². The standard InChI is InChI=1S/C11H7BrN2O/c1-2-5-15-9-6-8-3-4-13-11(12)10(8)14-7-9/h1,3-4,6-7H,5H2. The predicted octanol–water partition coefficient (Wildman–Crippen LogP) is 2.40. The lowest BCUT2D eigenvalue weighted by molar-refractivity contribution is 0.369. The summed E-state index contributed by atoms with van der Waals surface area (Å²) in [6.45, 7) is 0.249. The highest BCUT2D eigenvalue weighted by molar-refractivity contribution is 9.10. The van der Waals surface area contributed by atoms with E-state index >= 15 is 0 Å². The number of hydrogen-bond acceptors (Lipinski definition) is 3. The first-order valence-corrected chi connectivity index (χ1v) is 5.07. The van der Waals surface area contributed by atoms with Crippen molar-refractivity contribution >= 4 is 26.8 Å². The van der Waals surface area contributed by atoms with Crippen LogP contribution in [0.15, 0.2) is 29.1 Å². The molecule has 0 fully saturated rings. The van der Waals surface area contributed by atoms with Crippen LogP contribution in [0.4, 0.5) is 0 Å². The van der Waals surface area contributed by atoms with Crippen LogP contribution in [0.5, 0.6) is 5.75 Å². The van der Waals surface area contributed by atoms with Crippen LogP contribution in [-0.4, -0.2) is 16.6 Å². The normalized spacial score (nSPS) is 9.87. The number of halogens is 1. The summed E-state index contributed by atoms with van der Waals surface area (Å²) in [5.41, 5.74) is 0.811. The van der Waals surface area contributed by atoms with Crippen LogP contribution in [0.2, 0.25) is 0 Å². The van der Waals surface area contributed by atoms with Crippen molar-refractivity contribution in [3.8, 4) is 18.1 Å². The summed E-state index contributed by atoms with van der Waals surface area (Å²) in [6.07, 6.45) is 8.44. The molecule has 0 amide bonds. The summed E-state index contributed by atoms with van der Waals surface area (Å²) >= 11 is 3.33. The maximum absolute atomic E-state index is 5.27. The third kappa shape index (κ3) is 2.08. The van der Waals surface area contributed by atoms with E-state index in [0.717, 1.165) is 15.5 Å². The Morgan fingerprint density at radius 3 is 3.13 bits per heavy atom. The number of pyridine rings is 2. The van der Waals surface area contributed by atoms with Gasteiger partial charge in [-0.1, -0.05) is 5.92 Å². The van der Waals surface area contributed by atoms with Gasteiger partial charge in [0.05, 0.1) is 6.20 Å². The van der Waals surface area contributed by atoms with Gasteiger partial charge in [-0.05, 0) is 28.1 Å². The monoisotopic (exact) mass is 262 g/mol. The Morgan fingerprint density at radius 2 is 2.33 bits per heavy atom. The fourth-order valence-corrected chi connectivity index (χ4v) is 1.66. The van der Waals surface area contributed by atoms with E-state index in [9.17, 15) is 0 Å². The van der Waals surface area contributed by atoms with Gasteiger partial charge in [-0.15, -0.1) is 6.42 Å². The molecule has 2 rings (SSSR count). The molecule has 2 heterocycles. The molecule has 0 N–H and O–H groups in total. The number of rotatable bonds is 2. The van der Waals surface area contributed by atoms with Crippen molar-refractivity contribution in [2.24, 2.45) is 0 Å². The molecule has 0 aliphatic carbocycles. The van der Waals surface area contributed by atoms with Crippen LogP contribution < -0.4 is 4.74 Å². The molecule has 0 atom stereocenters. The maximum Gasteiger partial charge on any atom is 0.148 e. The van der Waals surface area contributed by atoms with Gasteiger partial charge in [0.1, 0.15) is 22.5 Å². The first kappa shape index (κ1) is 9.94. The lowest BCUT2D eigenvalue weighted by atomic mass is 10.2. The van der Waals surface area contributed by atoms with Crippen LogP contribution >= 0.6 is 15.9 Å². The van der Waals surface area contributed by atoms with E-state index in [1.54, 1.807) is 12.4 Å². The molecule has 0 spiro atoms. The largest absolute Gasteiger partial charge is 0.479 e. The Morgan fingerprint density at radius 1 is 1.47 bits per heavy atom. The number of ether oxygens (including phenoxy) is 1. The molecule has 2 aromatic heterocycles. The van der Waals surface area contributed by atoms with E-state index in [2.05, 4.69) is 31.8 Å². The Balaban J connectivity index is 2.44. The average molecular weight is 263 g/mol. The Bertz CT molecular complexity index is 534. The highest BCUT2D eigenvalue weighted by atomic mass is 79.9. The Labute approximate surface area is 95.6 Å². The molecule has 0 unspecified atom stereocenters. The smallest absolute Gasteiger partial charge is 0.148 e. The topological polar surface area (TPSA) is 35.0 Å². The van der Waals surface area contributed by atoms with Crippen LogP contribution in [0, 0.1) is 12.3 Å². The van der Waals surface area contributed by atoms with Gasteiger partial charge in [0.15, 0.2) is 0 Å². The Hall–Kier alpha value is -1.60. The van der Waals surface area contributed by atoms with E-state index in [1.807, 2.05) is 12.1 Å². The molecule has 0 saturated carbocycles. The Kier molecular flexibility index (Phi) is 2.84. The first-order valence-electron chi connectivity index (χ1n) is 4.28. The molecule has 0 aliphatic rings. The van der Waals surface area contributed by atoms with Gasteiger partial charge >= 0.3 is 0 Å². The SMILES string of the molecule is C#CCOc1cnc2c(Br)nccc2c1. The van der Waals surface area contributed by atoms with Gasteiger partial charge in [-0.2, -0.15) is 0 Å². The summed E-state index contributed by atoms with van der Waals surface area (Å²) < 4.78 is 5.99. The second-order valence-electron chi connectivity index (χ2n) is 2.84. The highest BCUT2D eigenvalue weighted by Gasteiger charge is 2.02. The van der Waals surface area contributed by atoms with Gasteiger partial charge in [0.25, 0.3) is 0 Å². The average Bonchev–Trinajstić information content (AvgIpc) is 2.26. The molecule has 0 aliphatic heterocycles. The number of hydrogen-bond donors (Lipinski definition) is 0. The fraction of sp³-hybridized carbons (Fsp3) is 0.0909. The van der Waals surface area contributed by atoms with Crippen molar-refractivity contribution in [1.29, 1.82) is 0 Å². The zero-order valence-electron chi connectivity index (χ0n) is 7.77. The van der Waals surface area contributed by atoms with Crippen molar-refractivity contribution in [2.75, 3.05) is 6.61 Å². The summed E-state index contributed by atoms with van der Waals surface area (Å²) in [5.74, 6) is 3.07. The molecule has 0 radical (unpaired) electrons. The minimum atomic E-state index is 0.249. The van der Waals surface area contributed by atoms with Crippen molar-refractivity contribution in [2.45, 2.75) is 0 Å². The number of nitrogens with zero attached hydrogens (tertiary/aromatic N) is 2. The number of aromatic nitrogens is 2. The molecule has 0 bridgehead atoms. The minimum absolute atomic E-state index is 0.249. The van der Waals surface area contributed by atoms with Crippen molar-refractivity contribution in [3.05, 3.63) is 29.1 Å². The maximum atomic E-state index is 5.27. The van der Waals surface area contributed by atoms with Gasteiger partial charge in [-0.3, -0.25) is 0 Å². The zero-order valence-corrected chi connectivity index (χ0v) is 9.36. The van der Waals surface area contributed by atoms with Crippen LogP contribution in [0.3, 0.4) is 0 Å². The molecule has 74 valence electrons. The van der Waals surface area contributed by atoms with Crippen molar-refractivity contribution in [3.63, 3.8) is 0 Å². The molecule has 2 aromatic rings. The number of fused-ring (bicyclic) bond motifs is 1. The highest BCUT2D eigenvalue weighted by Crippen LogP contribution is 2.22. The predicted molar refractivity (Wildman–Crippen MR) is 61.6 cm³/mol. The summed E-state index contributed by atoms with van der Waals surface area (Å²) in [5, 5.41) is 0.964. The van der Waals surface area contributed by atoms with Gasteiger partial charge in [-0.25, -0.2) is 9.97 Å². The first-order chi connectivity index (χ1) is 7.31. The van der Waals surface area contributed by atoms with Crippen molar-refractivity contribution in [1.82, 2.24) is 9.97 Å². The van der Waals surface area contributed by atoms with E-state index in [0.29, 0.717) is 5.75 Å². The number of terminal acetylenes is 1. The molecule has 4 heteroatoms. The zero-order chi connectivity index (χ0) is 10.7. The second kappa shape index (κ2) is 4.28. The van der Waals surface area contributed by atoms with E-state index in [4.69, 9.17) is 11.2 Å². The lowest BCUT2D eigenvalue weighted by Crippen LogP contribution is -1.94. The van der Waals surface area contributed by atoms with Crippen LogP contribution in [-0.2, 0) is 0 Å². The summed E-state index contributed by atoms with van der Waals surface area (Å²) in [6, 6.07) is 3.75. The molecule has 0 aromatic carbocycles. The van der Waals surface area contributed by atoms with Gasteiger partial charge in [0, 0.05) is 11.6 Å². The molecule has 3 nitrogen and oxygen atoms in total. The summed E-state index contributed by atoms with van der Waals surface area (Å²) in [4.78, 5) is 8.31. The minimum Gasteiger partial charge on any atom is -0.479 e. The van der Waals surface area contributed by atoms with Crippen LogP contribution in [0.1, 0.15) is 0 Å². The quantitative estimate of drug-likeness (QED) is 0.616. The third-order valence-corrected chi connectivity index (χ3v) is 2.43. The molecule has 15 heavy (non-hydrogen) atoms. The summed E-state index contributed by atoms with van der Waals surface area (Å²) in [7, 11) is 0. The van der Waals surface area contributed by atoms with E-state index < -0.39 is 0 Å². The lowest BCUT2D eigenvalue weighted by Gasteiger charge is -2.03. The molecular formula is C11H7BrN2O. The second-order valence-corrected chi connectivity index (χ2v) is 3.59. The fourth-order valence-electron chi connectivity index (χ4n) is 1.21. The third-order valence-electron chi connectivity index (χ3n) is 1.85. The van der Waals surface area contributed by atoms with Gasteiger partial charge < -0.3 is 4.74 Å². The van der Waals surface area contributed by atoms with E-state index in [-0.39, 0.29) is 6.61 Å². The molecule has 0 saturated heterocycles. The van der Waals surface area contributed by atoms with Crippen LogP contribution in [0.25, 0.3) is 10.9 Å². The molecular weight excluding hydrogens is 256 g/mol. The van der Waals surface area contributed by atoms with E-state index in [1.165, 1.54) is 0 Å².